The Labute approximate surface area is 192 Å². The first kappa shape index (κ1) is 22.5. The molecule has 0 bridgehead atoms. The van der Waals surface area contributed by atoms with Gasteiger partial charge in [-0.2, -0.15) is 0 Å². The summed E-state index contributed by atoms with van der Waals surface area (Å²) in [6.45, 7) is 0.988. The van der Waals surface area contributed by atoms with Gasteiger partial charge in [-0.3, -0.25) is 9.69 Å². The summed E-state index contributed by atoms with van der Waals surface area (Å²) in [6.07, 6.45) is 1.68. The van der Waals surface area contributed by atoms with E-state index in [2.05, 4.69) is 10.3 Å². The van der Waals surface area contributed by atoms with Gasteiger partial charge < -0.3 is 20.3 Å². The maximum Gasteiger partial charge on any atom is 0.352 e. The SMILES string of the molecule is CN(C)CCc1c(C(=O)O)[nH]c2ccc(CCC3NC(=O)N(Cc4ccccc4)C3=O)cc12. The highest BCUT2D eigenvalue weighted by molar-refractivity contribution is 6.04. The third-order valence-electron chi connectivity index (χ3n) is 6.01. The molecule has 4 rings (SSSR count). The van der Waals surface area contributed by atoms with E-state index in [4.69, 9.17) is 0 Å². The van der Waals surface area contributed by atoms with Crippen LogP contribution in [0, 0.1) is 0 Å². The van der Waals surface area contributed by atoms with Crippen LogP contribution in [0.5, 0.6) is 0 Å². The molecule has 3 aromatic rings. The second kappa shape index (κ2) is 9.46. The number of rotatable bonds is 9. The normalized spacial score (nSPS) is 16.1. The van der Waals surface area contributed by atoms with Crippen LogP contribution >= 0.6 is 0 Å². The fraction of sp³-hybridized carbons (Fsp3) is 0.320. The molecule has 8 heteroatoms. The summed E-state index contributed by atoms with van der Waals surface area (Å²) in [5.74, 6) is -1.19. The van der Waals surface area contributed by atoms with Gasteiger partial charge >= 0.3 is 12.0 Å². The van der Waals surface area contributed by atoms with Gasteiger partial charge in [0.25, 0.3) is 5.91 Å². The van der Waals surface area contributed by atoms with E-state index in [0.717, 1.165) is 34.1 Å². The van der Waals surface area contributed by atoms with Crippen molar-refractivity contribution in [3.8, 4) is 0 Å². The Morgan fingerprint density at radius 2 is 1.82 bits per heavy atom. The van der Waals surface area contributed by atoms with E-state index in [1.165, 1.54) is 4.90 Å². The van der Waals surface area contributed by atoms with E-state index < -0.39 is 12.0 Å². The summed E-state index contributed by atoms with van der Waals surface area (Å²) >= 11 is 0. The molecule has 0 saturated carbocycles. The van der Waals surface area contributed by atoms with Gasteiger partial charge in [-0.05, 0) is 62.2 Å². The van der Waals surface area contributed by atoms with Crippen molar-refractivity contribution in [1.29, 1.82) is 0 Å². The van der Waals surface area contributed by atoms with Crippen molar-refractivity contribution in [3.05, 3.63) is 70.9 Å². The fourth-order valence-corrected chi connectivity index (χ4v) is 4.23. The van der Waals surface area contributed by atoms with Crippen molar-refractivity contribution in [3.63, 3.8) is 0 Å². The third kappa shape index (κ3) is 4.90. The molecule has 0 radical (unpaired) electrons. The fourth-order valence-electron chi connectivity index (χ4n) is 4.23. The van der Waals surface area contributed by atoms with Crippen LogP contribution < -0.4 is 5.32 Å². The minimum atomic E-state index is -0.973. The Kier molecular flexibility index (Phi) is 6.46. The lowest BCUT2D eigenvalue weighted by Gasteiger charge is -2.13. The minimum Gasteiger partial charge on any atom is -0.477 e. The van der Waals surface area contributed by atoms with E-state index in [1.807, 2.05) is 67.5 Å². The Bertz CT molecular complexity index is 1190. The molecule has 1 saturated heterocycles. The van der Waals surface area contributed by atoms with E-state index >= 15 is 0 Å². The predicted octanol–water partition coefficient (Wildman–Crippen LogP) is 3.02. The third-order valence-corrected chi connectivity index (χ3v) is 6.01. The maximum atomic E-state index is 12.8. The van der Waals surface area contributed by atoms with E-state index in [1.54, 1.807) is 0 Å². The van der Waals surface area contributed by atoms with Crippen LogP contribution in [-0.2, 0) is 24.2 Å². The lowest BCUT2D eigenvalue weighted by atomic mass is 10.0. The number of hydrogen-bond donors (Lipinski definition) is 3. The van der Waals surface area contributed by atoms with Gasteiger partial charge in [0.15, 0.2) is 0 Å². The molecule has 0 spiro atoms. The Balaban J connectivity index is 1.48. The lowest BCUT2D eigenvalue weighted by Crippen LogP contribution is -2.31. The van der Waals surface area contributed by atoms with Crippen LogP contribution in [0.15, 0.2) is 48.5 Å². The lowest BCUT2D eigenvalue weighted by molar-refractivity contribution is -0.128. The molecule has 1 unspecified atom stereocenters. The number of H-pyrrole nitrogens is 1. The van der Waals surface area contributed by atoms with Gasteiger partial charge in [0.2, 0.25) is 0 Å². The molecule has 1 atom stereocenters. The van der Waals surface area contributed by atoms with E-state index in [0.29, 0.717) is 19.3 Å². The topological polar surface area (TPSA) is 106 Å². The quantitative estimate of drug-likeness (QED) is 0.437. The number of likely N-dealkylation sites (N-methyl/N-ethyl adjacent to an activating group) is 1. The number of carbonyl (C=O) groups is 3. The van der Waals surface area contributed by atoms with Crippen LogP contribution in [0.25, 0.3) is 10.9 Å². The first-order chi connectivity index (χ1) is 15.8. The molecule has 1 fully saturated rings. The number of carboxylic acids is 1. The van der Waals surface area contributed by atoms with Crippen molar-refractivity contribution < 1.29 is 19.5 Å². The molecule has 1 aliphatic rings. The van der Waals surface area contributed by atoms with Gasteiger partial charge in [0, 0.05) is 17.4 Å². The summed E-state index contributed by atoms with van der Waals surface area (Å²) in [7, 11) is 3.91. The number of carboxylic acid groups (broad SMARTS) is 1. The van der Waals surface area contributed by atoms with Crippen molar-refractivity contribution >= 4 is 28.8 Å². The van der Waals surface area contributed by atoms with Crippen molar-refractivity contribution in [2.75, 3.05) is 20.6 Å². The highest BCUT2D eigenvalue weighted by Crippen LogP contribution is 2.26. The van der Waals surface area contributed by atoms with E-state index in [9.17, 15) is 19.5 Å². The molecule has 1 aromatic heterocycles. The van der Waals surface area contributed by atoms with Gasteiger partial charge in [-0.15, -0.1) is 0 Å². The monoisotopic (exact) mass is 448 g/mol. The zero-order valence-corrected chi connectivity index (χ0v) is 18.8. The number of benzene rings is 2. The summed E-state index contributed by atoms with van der Waals surface area (Å²) in [5.41, 5.74) is 3.68. The number of aromatic amines is 1. The first-order valence-electron chi connectivity index (χ1n) is 11.0. The highest BCUT2D eigenvalue weighted by Gasteiger charge is 2.37. The molecule has 3 N–H and O–H groups in total. The number of amides is 3. The number of imide groups is 1. The molecule has 2 heterocycles. The van der Waals surface area contributed by atoms with Crippen LogP contribution in [0.2, 0.25) is 0 Å². The maximum absolute atomic E-state index is 12.8. The van der Waals surface area contributed by atoms with Crippen LogP contribution in [0.3, 0.4) is 0 Å². The standard InChI is InChI=1S/C25H28N4O4/c1-28(2)13-12-18-19-14-16(8-10-20(19)26-22(18)24(31)32)9-11-21-23(30)29(25(33)27-21)15-17-6-4-3-5-7-17/h3-8,10,14,21,26H,9,11-13,15H2,1-2H3,(H,27,33)(H,31,32). The number of aryl methyl sites for hydroxylation is 1. The molecule has 0 aliphatic carbocycles. The van der Waals surface area contributed by atoms with Crippen molar-refractivity contribution in [2.45, 2.75) is 31.8 Å². The second-order valence-corrected chi connectivity index (χ2v) is 8.67. The summed E-state index contributed by atoms with van der Waals surface area (Å²) in [4.78, 5) is 43.2. The first-order valence-corrected chi connectivity index (χ1v) is 11.0. The average molecular weight is 449 g/mol. The smallest absolute Gasteiger partial charge is 0.352 e. The Morgan fingerprint density at radius 3 is 2.52 bits per heavy atom. The van der Waals surface area contributed by atoms with Crippen molar-refractivity contribution in [2.24, 2.45) is 0 Å². The van der Waals surface area contributed by atoms with Gasteiger partial charge in [0.05, 0.1) is 6.54 Å². The predicted molar refractivity (Wildman–Crippen MR) is 125 cm³/mol. The summed E-state index contributed by atoms with van der Waals surface area (Å²) in [5, 5.41) is 13.3. The van der Waals surface area contributed by atoms with Gasteiger partial charge in [-0.25, -0.2) is 9.59 Å². The molecule has 33 heavy (non-hydrogen) atoms. The van der Waals surface area contributed by atoms with Gasteiger partial charge in [-0.1, -0.05) is 36.4 Å². The number of carbonyl (C=O) groups excluding carboxylic acids is 2. The Morgan fingerprint density at radius 1 is 1.06 bits per heavy atom. The molecule has 172 valence electrons. The number of nitrogens with one attached hydrogen (secondary N) is 2. The largest absolute Gasteiger partial charge is 0.477 e. The summed E-state index contributed by atoms with van der Waals surface area (Å²) in [6, 6.07) is 14.3. The zero-order chi connectivity index (χ0) is 23.5. The zero-order valence-electron chi connectivity index (χ0n) is 18.8. The molecule has 8 nitrogen and oxygen atoms in total. The Hall–Kier alpha value is -3.65. The number of nitrogens with zero attached hydrogens (tertiary/aromatic N) is 2. The van der Waals surface area contributed by atoms with Crippen molar-refractivity contribution in [1.82, 2.24) is 20.1 Å². The second-order valence-electron chi connectivity index (χ2n) is 8.67. The molecule has 1 aliphatic heterocycles. The molecular formula is C25H28N4O4. The minimum absolute atomic E-state index is 0.216. The highest BCUT2D eigenvalue weighted by atomic mass is 16.4. The molecule has 2 aromatic carbocycles. The van der Waals surface area contributed by atoms with Gasteiger partial charge in [0.1, 0.15) is 11.7 Å². The number of fused-ring (bicyclic) bond motifs is 1. The number of hydrogen-bond acceptors (Lipinski definition) is 4. The van der Waals surface area contributed by atoms with Crippen LogP contribution in [-0.4, -0.2) is 64.5 Å². The average Bonchev–Trinajstić information content (AvgIpc) is 3.29. The number of aromatic carboxylic acids is 1. The molecule has 3 amide bonds. The van der Waals surface area contributed by atoms with E-state index in [-0.39, 0.29) is 24.2 Å². The summed E-state index contributed by atoms with van der Waals surface area (Å²) < 4.78 is 0. The number of aromatic nitrogens is 1. The number of urea groups is 1. The van der Waals surface area contributed by atoms with Crippen LogP contribution in [0.4, 0.5) is 4.79 Å². The molecular weight excluding hydrogens is 420 g/mol. The van der Waals surface area contributed by atoms with Crippen LogP contribution in [0.1, 0.15) is 33.6 Å².